The van der Waals surface area contributed by atoms with Gasteiger partial charge in [0.25, 0.3) is 0 Å². The van der Waals surface area contributed by atoms with Crippen molar-refractivity contribution in [1.82, 2.24) is 9.38 Å². The first-order valence-electron chi connectivity index (χ1n) is 8.53. The van der Waals surface area contributed by atoms with Crippen molar-refractivity contribution in [3.63, 3.8) is 0 Å². The van der Waals surface area contributed by atoms with Crippen LogP contribution in [0.1, 0.15) is 0 Å². The molecule has 0 aliphatic rings. The zero-order valence-corrected chi connectivity index (χ0v) is 15.5. The van der Waals surface area contributed by atoms with E-state index in [-0.39, 0.29) is 0 Å². The van der Waals surface area contributed by atoms with E-state index in [9.17, 15) is 0 Å². The number of pyridine rings is 1. The van der Waals surface area contributed by atoms with E-state index in [2.05, 4.69) is 99.2 Å². The minimum absolute atomic E-state index is 0.981. The highest BCUT2D eigenvalue weighted by atomic mass is 79.9. The summed E-state index contributed by atoms with van der Waals surface area (Å²) < 4.78 is 3.34. The quantitative estimate of drug-likeness (QED) is 0.328. The minimum atomic E-state index is 0.981. The summed E-state index contributed by atoms with van der Waals surface area (Å²) in [5.74, 6) is 0. The number of benzene rings is 3. The summed E-state index contributed by atoms with van der Waals surface area (Å²) in [5.41, 5.74) is 7.74. The van der Waals surface area contributed by atoms with Gasteiger partial charge in [0, 0.05) is 10.0 Å². The number of halogens is 1. The Morgan fingerprint density at radius 2 is 1.38 bits per heavy atom. The van der Waals surface area contributed by atoms with E-state index in [0.29, 0.717) is 0 Å². The average molecular weight is 399 g/mol. The molecule has 3 aromatic carbocycles. The monoisotopic (exact) mass is 398 g/mol. The molecule has 0 atom stereocenters. The Kier molecular flexibility index (Phi) is 3.61. The number of hydrogen-bond acceptors (Lipinski definition) is 1. The van der Waals surface area contributed by atoms with Crippen LogP contribution in [0, 0.1) is 0 Å². The van der Waals surface area contributed by atoms with Gasteiger partial charge in [-0.15, -0.1) is 0 Å². The Labute approximate surface area is 159 Å². The zero-order valence-electron chi connectivity index (χ0n) is 13.9. The van der Waals surface area contributed by atoms with Crippen LogP contribution in [-0.4, -0.2) is 9.38 Å². The molecule has 0 bridgehead atoms. The lowest BCUT2D eigenvalue weighted by molar-refractivity contribution is 1.23. The Hall–Kier alpha value is -2.91. The number of para-hydroxylation sites is 2. The van der Waals surface area contributed by atoms with Gasteiger partial charge < -0.3 is 0 Å². The summed E-state index contributed by atoms with van der Waals surface area (Å²) in [5, 5.41) is 0. The van der Waals surface area contributed by atoms with Gasteiger partial charge in [-0.05, 0) is 47.5 Å². The first-order chi connectivity index (χ1) is 12.8. The van der Waals surface area contributed by atoms with Crippen LogP contribution in [0.2, 0.25) is 0 Å². The lowest BCUT2D eigenvalue weighted by atomic mass is 10.0. The van der Waals surface area contributed by atoms with Gasteiger partial charge >= 0.3 is 0 Å². The molecule has 0 amide bonds. The van der Waals surface area contributed by atoms with Crippen molar-refractivity contribution >= 4 is 32.6 Å². The predicted molar refractivity (Wildman–Crippen MR) is 111 cm³/mol. The fourth-order valence-corrected chi connectivity index (χ4v) is 3.72. The van der Waals surface area contributed by atoms with Crippen LogP contribution in [0.15, 0.2) is 95.5 Å². The SMILES string of the molecule is Brc1ccc(-c2ccc(-c3ccccc3)n3c2nc2ccccc23)cc1. The van der Waals surface area contributed by atoms with Gasteiger partial charge in [0.05, 0.1) is 16.7 Å². The maximum atomic E-state index is 4.95. The standard InChI is InChI=1S/C23H15BrN2/c24-18-12-10-16(11-13-18)19-14-15-21(17-6-2-1-3-7-17)26-22-9-5-4-8-20(22)25-23(19)26/h1-15H. The zero-order chi connectivity index (χ0) is 17.5. The molecule has 0 saturated heterocycles. The van der Waals surface area contributed by atoms with Gasteiger partial charge in [-0.1, -0.05) is 70.5 Å². The molecule has 3 heteroatoms. The van der Waals surface area contributed by atoms with Crippen LogP contribution in [0.4, 0.5) is 0 Å². The third-order valence-electron chi connectivity index (χ3n) is 4.68. The van der Waals surface area contributed by atoms with Gasteiger partial charge in [-0.3, -0.25) is 4.40 Å². The van der Waals surface area contributed by atoms with Crippen LogP contribution in [0.25, 0.3) is 39.1 Å². The van der Waals surface area contributed by atoms with Crippen LogP contribution in [0.5, 0.6) is 0 Å². The van der Waals surface area contributed by atoms with Crippen molar-refractivity contribution in [2.24, 2.45) is 0 Å². The Morgan fingerprint density at radius 1 is 0.654 bits per heavy atom. The number of aromatic nitrogens is 2. The van der Waals surface area contributed by atoms with Gasteiger partial charge in [0.15, 0.2) is 0 Å². The van der Waals surface area contributed by atoms with Gasteiger partial charge in [-0.2, -0.15) is 0 Å². The number of hydrogen-bond donors (Lipinski definition) is 0. The third-order valence-corrected chi connectivity index (χ3v) is 5.20. The maximum absolute atomic E-state index is 4.95. The van der Waals surface area contributed by atoms with E-state index in [4.69, 9.17) is 4.98 Å². The molecule has 0 spiro atoms. The third kappa shape index (κ3) is 2.44. The summed E-state index contributed by atoms with van der Waals surface area (Å²) in [6.45, 7) is 0. The summed E-state index contributed by atoms with van der Waals surface area (Å²) in [4.78, 5) is 4.95. The summed E-state index contributed by atoms with van der Waals surface area (Å²) in [7, 11) is 0. The van der Waals surface area contributed by atoms with E-state index < -0.39 is 0 Å². The fraction of sp³-hybridized carbons (Fsp3) is 0. The molecule has 5 rings (SSSR count). The molecule has 0 unspecified atom stereocenters. The number of nitrogens with zero attached hydrogens (tertiary/aromatic N) is 2. The van der Waals surface area contributed by atoms with Gasteiger partial charge in [0.1, 0.15) is 5.65 Å². The summed E-state index contributed by atoms with van der Waals surface area (Å²) in [6.07, 6.45) is 0. The van der Waals surface area contributed by atoms with Crippen molar-refractivity contribution < 1.29 is 0 Å². The molecule has 0 fully saturated rings. The van der Waals surface area contributed by atoms with E-state index in [0.717, 1.165) is 38.0 Å². The second-order valence-corrected chi connectivity index (χ2v) is 7.18. The van der Waals surface area contributed by atoms with Gasteiger partial charge in [-0.25, -0.2) is 4.98 Å². The number of imidazole rings is 1. The smallest absolute Gasteiger partial charge is 0.146 e. The molecule has 124 valence electrons. The normalized spacial score (nSPS) is 11.3. The maximum Gasteiger partial charge on any atom is 0.146 e. The Balaban J connectivity index is 1.89. The van der Waals surface area contributed by atoms with Crippen molar-refractivity contribution in [1.29, 1.82) is 0 Å². The minimum Gasteiger partial charge on any atom is -0.292 e. The fourth-order valence-electron chi connectivity index (χ4n) is 3.45. The number of rotatable bonds is 2. The van der Waals surface area contributed by atoms with E-state index in [1.54, 1.807) is 0 Å². The lowest BCUT2D eigenvalue weighted by Crippen LogP contribution is -1.94. The molecule has 2 heterocycles. The largest absolute Gasteiger partial charge is 0.292 e. The molecule has 26 heavy (non-hydrogen) atoms. The van der Waals surface area contributed by atoms with Crippen molar-refractivity contribution in [3.05, 3.63) is 95.5 Å². The molecule has 0 aliphatic carbocycles. The Morgan fingerprint density at radius 3 is 2.19 bits per heavy atom. The first kappa shape index (κ1) is 15.4. The van der Waals surface area contributed by atoms with Crippen LogP contribution >= 0.6 is 15.9 Å². The molecule has 0 radical (unpaired) electrons. The van der Waals surface area contributed by atoms with Crippen molar-refractivity contribution in [3.8, 4) is 22.4 Å². The van der Waals surface area contributed by atoms with Gasteiger partial charge in [0.2, 0.25) is 0 Å². The topological polar surface area (TPSA) is 17.3 Å². The van der Waals surface area contributed by atoms with Crippen molar-refractivity contribution in [2.75, 3.05) is 0 Å². The highest BCUT2D eigenvalue weighted by molar-refractivity contribution is 9.10. The molecular weight excluding hydrogens is 384 g/mol. The average Bonchev–Trinajstić information content (AvgIpc) is 3.08. The molecule has 5 aromatic rings. The molecule has 2 nitrogen and oxygen atoms in total. The highest BCUT2D eigenvalue weighted by Crippen LogP contribution is 2.33. The summed E-state index contributed by atoms with van der Waals surface area (Å²) >= 11 is 3.52. The number of fused-ring (bicyclic) bond motifs is 3. The van der Waals surface area contributed by atoms with Crippen LogP contribution < -0.4 is 0 Å². The lowest BCUT2D eigenvalue weighted by Gasteiger charge is -2.11. The second kappa shape index (κ2) is 6.11. The van der Waals surface area contributed by atoms with Crippen LogP contribution in [0.3, 0.4) is 0 Å². The molecule has 0 N–H and O–H groups in total. The van der Waals surface area contributed by atoms with Crippen molar-refractivity contribution in [2.45, 2.75) is 0 Å². The second-order valence-electron chi connectivity index (χ2n) is 6.26. The molecule has 2 aromatic heterocycles. The molecule has 0 saturated carbocycles. The predicted octanol–water partition coefficient (Wildman–Crippen LogP) is 6.58. The van der Waals surface area contributed by atoms with E-state index in [1.165, 1.54) is 5.56 Å². The highest BCUT2D eigenvalue weighted by Gasteiger charge is 2.14. The summed E-state index contributed by atoms with van der Waals surface area (Å²) in [6, 6.07) is 31.5. The molecular formula is C23H15BrN2. The van der Waals surface area contributed by atoms with Crippen LogP contribution in [-0.2, 0) is 0 Å². The first-order valence-corrected chi connectivity index (χ1v) is 9.32. The Bertz CT molecular complexity index is 1220. The van der Waals surface area contributed by atoms with E-state index >= 15 is 0 Å². The molecule has 0 aliphatic heterocycles. The van der Waals surface area contributed by atoms with E-state index in [1.807, 2.05) is 12.1 Å².